The molecule has 1 amide bonds. The zero-order chi connectivity index (χ0) is 21.5. The number of thiazole rings is 1. The highest BCUT2D eigenvalue weighted by molar-refractivity contribution is 7.89. The normalized spacial score (nSPS) is 17.9. The van der Waals surface area contributed by atoms with Crippen LogP contribution in [0.5, 0.6) is 0 Å². The van der Waals surface area contributed by atoms with Crippen molar-refractivity contribution in [3.63, 3.8) is 0 Å². The SMILES string of the molecule is Cc1c(Cl)ccc2sc(NC(=O)c3ccc(S(=O)(=O)N4CCC[C@@H](C)C4)cc3)nc12. The van der Waals surface area contributed by atoms with Gasteiger partial charge in [0.15, 0.2) is 5.13 Å². The Morgan fingerprint density at radius 1 is 1.23 bits per heavy atom. The van der Waals surface area contributed by atoms with Crippen molar-refractivity contribution < 1.29 is 13.2 Å². The van der Waals surface area contributed by atoms with Crippen molar-refractivity contribution in [3.05, 3.63) is 52.5 Å². The van der Waals surface area contributed by atoms with Crippen molar-refractivity contribution in [2.24, 2.45) is 5.92 Å². The van der Waals surface area contributed by atoms with Crippen molar-refractivity contribution in [1.82, 2.24) is 9.29 Å². The minimum atomic E-state index is -3.54. The van der Waals surface area contributed by atoms with Gasteiger partial charge in [-0.1, -0.05) is 29.9 Å². The van der Waals surface area contributed by atoms with Crippen molar-refractivity contribution in [1.29, 1.82) is 0 Å². The minimum absolute atomic E-state index is 0.207. The summed E-state index contributed by atoms with van der Waals surface area (Å²) in [6.07, 6.45) is 1.91. The molecule has 1 N–H and O–H groups in total. The molecule has 0 spiro atoms. The van der Waals surface area contributed by atoms with Crippen molar-refractivity contribution in [3.8, 4) is 0 Å². The van der Waals surface area contributed by atoms with E-state index in [0.717, 1.165) is 28.6 Å². The topological polar surface area (TPSA) is 79.4 Å². The molecule has 4 rings (SSSR count). The van der Waals surface area contributed by atoms with Gasteiger partial charge in [-0.2, -0.15) is 4.31 Å². The third-order valence-electron chi connectivity index (χ3n) is 5.34. The molecule has 1 aliphatic heterocycles. The second-order valence-electron chi connectivity index (χ2n) is 7.63. The molecular formula is C21H22ClN3O3S2. The van der Waals surface area contributed by atoms with Crippen LogP contribution in [0, 0.1) is 12.8 Å². The molecule has 6 nitrogen and oxygen atoms in total. The summed E-state index contributed by atoms with van der Waals surface area (Å²) < 4.78 is 28.2. The highest BCUT2D eigenvalue weighted by atomic mass is 35.5. The molecule has 3 aromatic rings. The van der Waals surface area contributed by atoms with Crippen LogP contribution >= 0.6 is 22.9 Å². The summed E-state index contributed by atoms with van der Waals surface area (Å²) in [5, 5.41) is 3.89. The zero-order valence-corrected chi connectivity index (χ0v) is 19.1. The van der Waals surface area contributed by atoms with E-state index >= 15 is 0 Å². The first kappa shape index (κ1) is 21.2. The van der Waals surface area contributed by atoms with E-state index in [4.69, 9.17) is 11.6 Å². The first-order valence-electron chi connectivity index (χ1n) is 9.73. The molecule has 1 fully saturated rings. The number of rotatable bonds is 4. The second kappa shape index (κ2) is 8.26. The first-order chi connectivity index (χ1) is 14.3. The summed E-state index contributed by atoms with van der Waals surface area (Å²) in [5.74, 6) is 0.0132. The van der Waals surface area contributed by atoms with Gasteiger partial charge in [0.05, 0.1) is 15.1 Å². The fourth-order valence-corrected chi connectivity index (χ4v) is 6.29. The summed E-state index contributed by atoms with van der Waals surface area (Å²) in [6.45, 7) is 5.02. The lowest BCUT2D eigenvalue weighted by Crippen LogP contribution is -2.39. The Morgan fingerprint density at radius 2 is 1.97 bits per heavy atom. The van der Waals surface area contributed by atoms with Gasteiger partial charge in [0.25, 0.3) is 5.91 Å². The van der Waals surface area contributed by atoms with Crippen LogP contribution in [0.3, 0.4) is 0 Å². The highest BCUT2D eigenvalue weighted by Gasteiger charge is 2.28. The van der Waals surface area contributed by atoms with E-state index in [-0.39, 0.29) is 10.8 Å². The van der Waals surface area contributed by atoms with Crippen LogP contribution < -0.4 is 5.32 Å². The average Bonchev–Trinajstić information content (AvgIpc) is 3.14. The number of aryl methyl sites for hydroxylation is 1. The van der Waals surface area contributed by atoms with Gasteiger partial charge in [-0.25, -0.2) is 13.4 Å². The van der Waals surface area contributed by atoms with Crippen molar-refractivity contribution >= 4 is 54.2 Å². The Bertz CT molecular complexity index is 1210. The van der Waals surface area contributed by atoms with Crippen molar-refractivity contribution in [2.45, 2.75) is 31.6 Å². The van der Waals surface area contributed by atoms with Gasteiger partial charge in [0.2, 0.25) is 10.0 Å². The van der Waals surface area contributed by atoms with E-state index in [1.165, 1.54) is 39.9 Å². The Kier molecular flexibility index (Phi) is 5.85. The lowest BCUT2D eigenvalue weighted by molar-refractivity contribution is 0.102. The molecule has 1 aromatic heterocycles. The summed E-state index contributed by atoms with van der Waals surface area (Å²) >= 11 is 7.50. The molecular weight excluding hydrogens is 442 g/mol. The minimum Gasteiger partial charge on any atom is -0.298 e. The number of aromatic nitrogens is 1. The molecule has 0 unspecified atom stereocenters. The number of nitrogens with one attached hydrogen (secondary N) is 1. The highest BCUT2D eigenvalue weighted by Crippen LogP contribution is 2.32. The number of piperidine rings is 1. The van der Waals surface area contributed by atoms with E-state index in [9.17, 15) is 13.2 Å². The van der Waals surface area contributed by atoms with E-state index in [0.29, 0.717) is 34.7 Å². The Balaban J connectivity index is 1.51. The summed E-state index contributed by atoms with van der Waals surface area (Å²) in [5.41, 5.74) is 2.00. The number of hydrogen-bond acceptors (Lipinski definition) is 5. The Labute approximate surface area is 184 Å². The standard InChI is InChI=1S/C21H22ClN3O3S2/c1-13-4-3-11-25(12-13)30(27,28)16-7-5-15(6-8-16)20(26)24-21-23-19-14(2)17(22)9-10-18(19)29-21/h5-10,13H,3-4,11-12H2,1-2H3,(H,23,24,26)/t13-/m1/s1. The van der Waals surface area contributed by atoms with Gasteiger partial charge < -0.3 is 0 Å². The monoisotopic (exact) mass is 463 g/mol. The molecule has 0 radical (unpaired) electrons. The molecule has 9 heteroatoms. The zero-order valence-electron chi connectivity index (χ0n) is 16.7. The quantitative estimate of drug-likeness (QED) is 0.594. The van der Waals surface area contributed by atoms with Gasteiger partial charge in [-0.3, -0.25) is 10.1 Å². The Morgan fingerprint density at radius 3 is 2.67 bits per heavy atom. The van der Waals surface area contributed by atoms with Crippen molar-refractivity contribution in [2.75, 3.05) is 18.4 Å². The number of nitrogens with zero attached hydrogens (tertiary/aromatic N) is 2. The van der Waals surface area contributed by atoms with E-state index in [2.05, 4.69) is 17.2 Å². The third kappa shape index (κ3) is 4.09. The molecule has 0 aliphatic carbocycles. The molecule has 158 valence electrons. The van der Waals surface area contributed by atoms with Crippen LogP contribution in [-0.2, 0) is 10.0 Å². The van der Waals surface area contributed by atoms with E-state index < -0.39 is 10.0 Å². The number of carbonyl (C=O) groups is 1. The number of halogens is 1. The molecule has 0 saturated carbocycles. The number of sulfonamides is 1. The predicted octanol–water partition coefficient (Wildman–Crippen LogP) is 4.93. The number of fused-ring (bicyclic) bond motifs is 1. The molecule has 2 aromatic carbocycles. The largest absolute Gasteiger partial charge is 0.298 e. The van der Waals surface area contributed by atoms with Crippen LogP contribution in [0.25, 0.3) is 10.2 Å². The maximum atomic E-state index is 12.9. The van der Waals surface area contributed by atoms with Crippen LogP contribution in [0.4, 0.5) is 5.13 Å². The van der Waals surface area contributed by atoms with Crippen LogP contribution in [0.2, 0.25) is 5.02 Å². The summed E-state index contributed by atoms with van der Waals surface area (Å²) in [4.78, 5) is 17.3. The number of benzene rings is 2. The number of hydrogen-bond donors (Lipinski definition) is 1. The summed E-state index contributed by atoms with van der Waals surface area (Å²) in [7, 11) is -3.54. The van der Waals surface area contributed by atoms with Crippen LogP contribution in [-0.4, -0.2) is 36.7 Å². The smallest absolute Gasteiger partial charge is 0.257 e. The first-order valence-corrected chi connectivity index (χ1v) is 12.4. The molecule has 30 heavy (non-hydrogen) atoms. The predicted molar refractivity (Wildman–Crippen MR) is 121 cm³/mol. The van der Waals surface area contributed by atoms with Gasteiger partial charge in [-0.05, 0) is 67.6 Å². The van der Waals surface area contributed by atoms with Crippen LogP contribution in [0.15, 0.2) is 41.3 Å². The number of anilines is 1. The Hall–Kier alpha value is -2.00. The molecule has 1 atom stereocenters. The molecule has 1 saturated heterocycles. The van der Waals surface area contributed by atoms with Gasteiger partial charge >= 0.3 is 0 Å². The molecule has 1 aliphatic rings. The number of carbonyl (C=O) groups excluding carboxylic acids is 1. The fourth-order valence-electron chi connectivity index (χ4n) is 3.62. The average molecular weight is 464 g/mol. The van der Waals surface area contributed by atoms with Gasteiger partial charge in [0.1, 0.15) is 0 Å². The lowest BCUT2D eigenvalue weighted by atomic mass is 10.0. The maximum absolute atomic E-state index is 12.9. The third-order valence-corrected chi connectivity index (χ3v) is 8.57. The molecule has 2 heterocycles. The number of amides is 1. The summed E-state index contributed by atoms with van der Waals surface area (Å²) in [6, 6.07) is 9.73. The fraction of sp³-hybridized carbons (Fsp3) is 0.333. The molecule has 0 bridgehead atoms. The van der Waals surface area contributed by atoms with E-state index in [1.807, 2.05) is 19.1 Å². The van der Waals surface area contributed by atoms with E-state index in [1.54, 1.807) is 0 Å². The lowest BCUT2D eigenvalue weighted by Gasteiger charge is -2.30. The second-order valence-corrected chi connectivity index (χ2v) is 11.0. The van der Waals surface area contributed by atoms with Crippen LogP contribution in [0.1, 0.15) is 35.7 Å². The maximum Gasteiger partial charge on any atom is 0.257 e. The van der Waals surface area contributed by atoms with Gasteiger partial charge in [0, 0.05) is 23.7 Å². The van der Waals surface area contributed by atoms with Gasteiger partial charge in [-0.15, -0.1) is 0 Å².